The zero-order valence-electron chi connectivity index (χ0n) is 13.9. The van der Waals surface area contributed by atoms with Gasteiger partial charge in [0.25, 0.3) is 0 Å². The van der Waals surface area contributed by atoms with Crippen LogP contribution in [0.25, 0.3) is 0 Å². The van der Waals surface area contributed by atoms with Crippen molar-refractivity contribution in [3.63, 3.8) is 0 Å². The minimum absolute atomic E-state index is 0.0101. The van der Waals surface area contributed by atoms with Crippen molar-refractivity contribution >= 4 is 28.5 Å². The second kappa shape index (κ2) is 6.75. The van der Waals surface area contributed by atoms with Gasteiger partial charge < -0.3 is 4.52 Å². The van der Waals surface area contributed by atoms with Crippen molar-refractivity contribution in [3.05, 3.63) is 0 Å². The van der Waals surface area contributed by atoms with E-state index in [1.807, 2.05) is 0 Å². The van der Waals surface area contributed by atoms with Crippen molar-refractivity contribution in [1.29, 1.82) is 0 Å². The van der Waals surface area contributed by atoms with Gasteiger partial charge in [0.2, 0.25) is 0 Å². The van der Waals surface area contributed by atoms with E-state index in [4.69, 9.17) is 15.8 Å². The molecule has 0 radical (unpaired) electrons. The first-order valence-electron chi connectivity index (χ1n) is 8.38. The summed E-state index contributed by atoms with van der Waals surface area (Å²) >= 11 is 7.84. The fourth-order valence-electron chi connectivity index (χ4n) is 3.74. The third-order valence-electron chi connectivity index (χ3n) is 5.84. The van der Waals surface area contributed by atoms with E-state index in [1.54, 1.807) is 0 Å². The molecule has 5 unspecified atom stereocenters. The summed E-state index contributed by atoms with van der Waals surface area (Å²) in [5, 5.41) is 0. The highest BCUT2D eigenvalue weighted by molar-refractivity contribution is 8.64. The van der Waals surface area contributed by atoms with Crippen molar-refractivity contribution in [2.45, 2.75) is 89.4 Å². The summed E-state index contributed by atoms with van der Waals surface area (Å²) in [5.41, 5.74) is -0.323. The monoisotopic (exact) mass is 352 g/mol. The predicted octanol–water partition coefficient (Wildman–Crippen LogP) is 7.02. The normalized spacial score (nSPS) is 44.2. The molecule has 2 rings (SSSR count). The van der Waals surface area contributed by atoms with Crippen LogP contribution in [0, 0.1) is 11.8 Å². The Kier molecular flexibility index (Phi) is 5.84. The van der Waals surface area contributed by atoms with Crippen LogP contribution in [0.5, 0.6) is 0 Å². The summed E-state index contributed by atoms with van der Waals surface area (Å²) in [5.74, 6) is -2.17. The summed E-state index contributed by atoms with van der Waals surface area (Å²) in [6, 6.07) is 0. The third kappa shape index (κ3) is 4.43. The SMILES string of the molecule is CC1CCCCC1(C)OP(=O)(Cl)SC1(C)CCCCC1C. The van der Waals surface area contributed by atoms with Crippen LogP contribution in [0.15, 0.2) is 0 Å². The van der Waals surface area contributed by atoms with E-state index in [0.717, 1.165) is 25.7 Å². The van der Waals surface area contributed by atoms with Gasteiger partial charge in [-0.25, -0.2) is 0 Å². The van der Waals surface area contributed by atoms with Crippen molar-refractivity contribution < 1.29 is 9.09 Å². The van der Waals surface area contributed by atoms with E-state index < -0.39 is 5.92 Å². The highest BCUT2D eigenvalue weighted by Gasteiger charge is 2.46. The molecule has 2 saturated carbocycles. The molecular weight excluding hydrogens is 323 g/mol. The van der Waals surface area contributed by atoms with Gasteiger partial charge in [0.15, 0.2) is 0 Å². The van der Waals surface area contributed by atoms with Gasteiger partial charge in [0.1, 0.15) is 0 Å². The Morgan fingerprint density at radius 1 is 1.05 bits per heavy atom. The molecule has 0 amide bonds. The first-order valence-corrected chi connectivity index (χ1v) is 12.3. The molecule has 124 valence electrons. The van der Waals surface area contributed by atoms with Crippen LogP contribution in [-0.2, 0) is 9.09 Å². The van der Waals surface area contributed by atoms with Gasteiger partial charge >= 0.3 is 5.92 Å². The number of hydrogen-bond acceptors (Lipinski definition) is 3. The Morgan fingerprint density at radius 2 is 1.62 bits per heavy atom. The molecule has 2 aliphatic rings. The van der Waals surface area contributed by atoms with Gasteiger partial charge in [-0.05, 0) is 74.0 Å². The minimum Gasteiger partial charge on any atom is -0.303 e. The molecule has 0 saturated heterocycles. The van der Waals surface area contributed by atoms with Crippen molar-refractivity contribution in [3.8, 4) is 0 Å². The molecule has 0 spiro atoms. The predicted molar refractivity (Wildman–Crippen MR) is 94.2 cm³/mol. The summed E-state index contributed by atoms with van der Waals surface area (Å²) in [6.07, 6.45) is 9.28. The quantitative estimate of drug-likeness (QED) is 0.508. The Hall–Kier alpha value is 0.830. The largest absolute Gasteiger partial charge is 0.347 e. The minimum atomic E-state index is -3.15. The van der Waals surface area contributed by atoms with Gasteiger partial charge in [0.05, 0.1) is 5.60 Å². The molecule has 0 aromatic heterocycles. The van der Waals surface area contributed by atoms with Gasteiger partial charge in [-0.1, -0.05) is 39.5 Å². The summed E-state index contributed by atoms with van der Waals surface area (Å²) in [6.45, 7) is 8.77. The maximum atomic E-state index is 13.0. The van der Waals surface area contributed by atoms with Gasteiger partial charge in [-0.3, -0.25) is 4.57 Å². The van der Waals surface area contributed by atoms with E-state index in [2.05, 4.69) is 27.7 Å². The number of halogens is 1. The molecule has 0 aliphatic heterocycles. The van der Waals surface area contributed by atoms with E-state index in [0.29, 0.717) is 11.8 Å². The highest BCUT2D eigenvalue weighted by Crippen LogP contribution is 2.73. The molecule has 5 atom stereocenters. The van der Waals surface area contributed by atoms with Crippen molar-refractivity contribution in [1.82, 2.24) is 0 Å². The number of rotatable bonds is 4. The van der Waals surface area contributed by atoms with Gasteiger partial charge in [-0.15, -0.1) is 0 Å². The standard InChI is InChI=1S/C16H30ClO2PS/c1-13-9-5-7-11-15(13,3)19-20(17,18)21-16(4)12-8-6-10-14(16)2/h13-14H,5-12H2,1-4H3. The molecule has 5 heteroatoms. The molecule has 2 fully saturated rings. The molecule has 0 aromatic carbocycles. The van der Waals surface area contributed by atoms with Crippen LogP contribution in [0.2, 0.25) is 0 Å². The van der Waals surface area contributed by atoms with E-state index in [-0.39, 0.29) is 10.3 Å². The summed E-state index contributed by atoms with van der Waals surface area (Å²) < 4.78 is 19.0. The second-order valence-electron chi connectivity index (χ2n) is 7.53. The lowest BCUT2D eigenvalue weighted by atomic mass is 9.78. The molecule has 0 bridgehead atoms. The lowest BCUT2D eigenvalue weighted by Crippen LogP contribution is -2.38. The van der Waals surface area contributed by atoms with Crippen LogP contribution in [-0.4, -0.2) is 10.3 Å². The topological polar surface area (TPSA) is 26.3 Å². The third-order valence-corrected chi connectivity index (χ3v) is 10.7. The van der Waals surface area contributed by atoms with Crippen LogP contribution in [0.1, 0.15) is 79.1 Å². The molecule has 0 heterocycles. The molecule has 2 aliphatic carbocycles. The number of hydrogen-bond donors (Lipinski definition) is 0. The van der Waals surface area contributed by atoms with Gasteiger partial charge in [-0.2, -0.15) is 0 Å². The Bertz CT molecular complexity index is 385. The summed E-state index contributed by atoms with van der Waals surface area (Å²) in [4.78, 5) is 0. The zero-order valence-corrected chi connectivity index (χ0v) is 16.3. The summed E-state index contributed by atoms with van der Waals surface area (Å²) in [7, 11) is 0. The highest BCUT2D eigenvalue weighted by atomic mass is 35.7. The zero-order chi connectivity index (χ0) is 15.7. The maximum Gasteiger partial charge on any atom is 0.347 e. The van der Waals surface area contributed by atoms with Gasteiger partial charge in [0, 0.05) is 4.75 Å². The molecular formula is C16H30ClO2PS. The average Bonchev–Trinajstić information content (AvgIpc) is 2.35. The van der Waals surface area contributed by atoms with Crippen LogP contribution >= 0.6 is 28.5 Å². The lowest BCUT2D eigenvalue weighted by molar-refractivity contribution is 0.00904. The fourth-order valence-corrected chi connectivity index (χ4v) is 10.4. The second-order valence-corrected chi connectivity index (χ2v) is 13.6. The van der Waals surface area contributed by atoms with E-state index in [1.165, 1.54) is 37.1 Å². The van der Waals surface area contributed by atoms with E-state index >= 15 is 0 Å². The maximum absolute atomic E-state index is 13.0. The van der Waals surface area contributed by atoms with Crippen LogP contribution in [0.4, 0.5) is 0 Å². The molecule has 2 nitrogen and oxygen atoms in total. The Labute approximate surface area is 139 Å². The Balaban J connectivity index is 2.05. The van der Waals surface area contributed by atoms with E-state index in [9.17, 15) is 4.57 Å². The molecule has 0 aromatic rings. The fraction of sp³-hybridized carbons (Fsp3) is 1.00. The lowest BCUT2D eigenvalue weighted by Gasteiger charge is -2.43. The van der Waals surface area contributed by atoms with Crippen molar-refractivity contribution in [2.24, 2.45) is 11.8 Å². The molecule has 0 N–H and O–H groups in total. The first kappa shape index (κ1) is 18.2. The van der Waals surface area contributed by atoms with Crippen molar-refractivity contribution in [2.75, 3.05) is 0 Å². The molecule has 21 heavy (non-hydrogen) atoms. The Morgan fingerprint density at radius 3 is 2.19 bits per heavy atom. The average molecular weight is 353 g/mol. The van der Waals surface area contributed by atoms with Crippen LogP contribution in [0.3, 0.4) is 0 Å². The first-order chi connectivity index (χ1) is 9.67. The van der Waals surface area contributed by atoms with Crippen LogP contribution < -0.4 is 0 Å². The smallest absolute Gasteiger partial charge is 0.303 e.